The molecule has 0 unspecified atom stereocenters. The van der Waals surface area contributed by atoms with E-state index in [1.807, 2.05) is 5.38 Å². The number of hydrogen-bond acceptors (Lipinski definition) is 6. The summed E-state index contributed by atoms with van der Waals surface area (Å²) in [6, 6.07) is 6.59. The first-order valence-electron chi connectivity index (χ1n) is 7.32. The van der Waals surface area contributed by atoms with Crippen LogP contribution in [0.25, 0.3) is 0 Å². The summed E-state index contributed by atoms with van der Waals surface area (Å²) in [5.74, 6) is -0.529. The molecule has 23 heavy (non-hydrogen) atoms. The van der Waals surface area contributed by atoms with E-state index in [4.69, 9.17) is 10.5 Å². The van der Waals surface area contributed by atoms with Gasteiger partial charge >= 0.3 is 5.97 Å². The van der Waals surface area contributed by atoms with E-state index in [1.54, 1.807) is 31.2 Å². The Hall–Kier alpha value is -2.25. The number of benzene rings is 1. The summed E-state index contributed by atoms with van der Waals surface area (Å²) in [6.45, 7) is 2.63. The molecule has 122 valence electrons. The fourth-order valence-electron chi connectivity index (χ4n) is 1.94. The van der Waals surface area contributed by atoms with Crippen molar-refractivity contribution < 1.29 is 14.3 Å². The first-order chi connectivity index (χ1) is 11.1. The van der Waals surface area contributed by atoms with Crippen LogP contribution in [-0.4, -0.2) is 30.0 Å². The van der Waals surface area contributed by atoms with Crippen molar-refractivity contribution in [2.24, 2.45) is 5.73 Å². The average Bonchev–Trinajstić information content (AvgIpc) is 2.95. The van der Waals surface area contributed by atoms with Crippen LogP contribution in [0.15, 0.2) is 29.6 Å². The Balaban J connectivity index is 1.90. The van der Waals surface area contributed by atoms with Crippen LogP contribution >= 0.6 is 11.3 Å². The first kappa shape index (κ1) is 17.1. The predicted molar refractivity (Wildman–Crippen MR) is 89.6 cm³/mol. The molecule has 0 aliphatic carbocycles. The fourth-order valence-corrected chi connectivity index (χ4v) is 2.76. The Morgan fingerprint density at radius 3 is 2.70 bits per heavy atom. The number of aromatic nitrogens is 1. The highest BCUT2D eigenvalue weighted by molar-refractivity contribution is 7.09. The van der Waals surface area contributed by atoms with E-state index in [0.717, 1.165) is 17.1 Å². The highest BCUT2D eigenvalue weighted by atomic mass is 32.1. The van der Waals surface area contributed by atoms with Crippen LogP contribution in [0.4, 0.5) is 5.69 Å². The van der Waals surface area contributed by atoms with Crippen molar-refractivity contribution in [1.29, 1.82) is 0 Å². The second-order valence-corrected chi connectivity index (χ2v) is 5.74. The molecule has 2 rings (SSSR count). The maximum atomic E-state index is 12.0. The molecule has 0 bridgehead atoms. The van der Waals surface area contributed by atoms with Crippen LogP contribution in [0.3, 0.4) is 0 Å². The number of ether oxygens (including phenoxy) is 1. The highest BCUT2D eigenvalue weighted by Crippen LogP contribution is 2.13. The molecule has 0 aliphatic rings. The van der Waals surface area contributed by atoms with Crippen molar-refractivity contribution in [3.63, 3.8) is 0 Å². The number of anilines is 1. The SMILES string of the molecule is CCOC(=O)c1ccc(NC(=O)Cc2csc(CCN)n2)cc1. The summed E-state index contributed by atoms with van der Waals surface area (Å²) < 4.78 is 4.91. The number of thiazole rings is 1. The second-order valence-electron chi connectivity index (χ2n) is 4.79. The third kappa shape index (κ3) is 5.15. The molecular formula is C16H19N3O3S. The van der Waals surface area contributed by atoms with Crippen molar-refractivity contribution >= 4 is 28.9 Å². The zero-order valence-corrected chi connectivity index (χ0v) is 13.7. The minimum Gasteiger partial charge on any atom is -0.462 e. The maximum absolute atomic E-state index is 12.0. The molecular weight excluding hydrogens is 314 g/mol. The minimum absolute atomic E-state index is 0.154. The molecule has 1 heterocycles. The molecule has 3 N–H and O–H groups in total. The Morgan fingerprint density at radius 1 is 1.30 bits per heavy atom. The van der Waals surface area contributed by atoms with Gasteiger partial charge in [-0.1, -0.05) is 0 Å². The van der Waals surface area contributed by atoms with Gasteiger partial charge in [0, 0.05) is 17.5 Å². The van der Waals surface area contributed by atoms with Gasteiger partial charge in [0.1, 0.15) is 0 Å². The first-order valence-corrected chi connectivity index (χ1v) is 8.20. The summed E-state index contributed by atoms with van der Waals surface area (Å²) in [4.78, 5) is 27.9. The predicted octanol–water partition coefficient (Wildman–Crippen LogP) is 2.00. The average molecular weight is 333 g/mol. The summed E-state index contributed by atoms with van der Waals surface area (Å²) >= 11 is 1.51. The maximum Gasteiger partial charge on any atom is 0.338 e. The standard InChI is InChI=1S/C16H19N3O3S/c1-2-22-16(21)11-3-5-12(6-4-11)18-14(20)9-13-10-23-15(19-13)7-8-17/h3-6,10H,2,7-9,17H2,1H3,(H,18,20). The Morgan fingerprint density at radius 2 is 2.04 bits per heavy atom. The molecule has 2 aromatic rings. The van der Waals surface area contributed by atoms with E-state index in [-0.39, 0.29) is 18.3 Å². The number of hydrogen-bond donors (Lipinski definition) is 2. The topological polar surface area (TPSA) is 94.3 Å². The van der Waals surface area contributed by atoms with Crippen LogP contribution < -0.4 is 11.1 Å². The van der Waals surface area contributed by atoms with Gasteiger partial charge in [-0.05, 0) is 37.7 Å². The van der Waals surface area contributed by atoms with Crippen LogP contribution in [0, 0.1) is 0 Å². The fraction of sp³-hybridized carbons (Fsp3) is 0.312. The van der Waals surface area contributed by atoms with Gasteiger partial charge in [-0.15, -0.1) is 11.3 Å². The molecule has 1 aromatic carbocycles. The normalized spacial score (nSPS) is 10.3. The molecule has 0 fully saturated rings. The van der Waals surface area contributed by atoms with Crippen molar-refractivity contribution in [2.75, 3.05) is 18.5 Å². The van der Waals surface area contributed by atoms with Crippen LogP contribution in [0.1, 0.15) is 28.0 Å². The van der Waals surface area contributed by atoms with Gasteiger partial charge in [-0.3, -0.25) is 4.79 Å². The Kier molecular flexibility index (Phi) is 6.25. The molecule has 0 aliphatic heterocycles. The molecule has 1 amide bonds. The number of nitrogens with zero attached hydrogens (tertiary/aromatic N) is 1. The summed E-state index contributed by atoms with van der Waals surface area (Å²) in [5, 5.41) is 5.59. The number of nitrogens with two attached hydrogens (primary N) is 1. The van der Waals surface area contributed by atoms with Gasteiger partial charge in [0.2, 0.25) is 5.91 Å². The number of carbonyl (C=O) groups excluding carboxylic acids is 2. The smallest absolute Gasteiger partial charge is 0.338 e. The Labute approximate surface area is 138 Å². The van der Waals surface area contributed by atoms with Crippen LogP contribution in [0.5, 0.6) is 0 Å². The van der Waals surface area contributed by atoms with Gasteiger partial charge in [0.25, 0.3) is 0 Å². The van der Waals surface area contributed by atoms with E-state index in [9.17, 15) is 9.59 Å². The van der Waals surface area contributed by atoms with Crippen LogP contribution in [-0.2, 0) is 22.4 Å². The van der Waals surface area contributed by atoms with E-state index in [1.165, 1.54) is 11.3 Å². The third-order valence-corrected chi connectivity index (χ3v) is 3.94. The summed E-state index contributed by atoms with van der Waals surface area (Å²) in [5.41, 5.74) is 7.30. The van der Waals surface area contributed by atoms with Gasteiger partial charge in [0.05, 0.1) is 29.3 Å². The lowest BCUT2D eigenvalue weighted by Gasteiger charge is -2.06. The molecule has 0 radical (unpaired) electrons. The number of carbonyl (C=O) groups is 2. The monoisotopic (exact) mass is 333 g/mol. The molecule has 0 saturated heterocycles. The van der Waals surface area contributed by atoms with Crippen molar-refractivity contribution in [3.05, 3.63) is 45.9 Å². The molecule has 7 heteroatoms. The minimum atomic E-state index is -0.375. The number of rotatable bonds is 7. The van der Waals surface area contributed by atoms with E-state index < -0.39 is 0 Å². The second kappa shape index (κ2) is 8.40. The van der Waals surface area contributed by atoms with Crippen molar-refractivity contribution in [3.8, 4) is 0 Å². The molecule has 1 aromatic heterocycles. The van der Waals surface area contributed by atoms with E-state index >= 15 is 0 Å². The van der Waals surface area contributed by atoms with Gasteiger partial charge in [-0.2, -0.15) is 0 Å². The molecule has 6 nitrogen and oxygen atoms in total. The summed E-state index contributed by atoms with van der Waals surface area (Å²) in [6.07, 6.45) is 0.933. The lowest BCUT2D eigenvalue weighted by molar-refractivity contribution is -0.115. The summed E-state index contributed by atoms with van der Waals surface area (Å²) in [7, 11) is 0. The largest absolute Gasteiger partial charge is 0.462 e. The molecule has 0 spiro atoms. The van der Waals surface area contributed by atoms with E-state index in [0.29, 0.717) is 24.4 Å². The number of amides is 1. The number of nitrogens with one attached hydrogen (secondary N) is 1. The van der Waals surface area contributed by atoms with Gasteiger partial charge in [0.15, 0.2) is 0 Å². The van der Waals surface area contributed by atoms with Gasteiger partial charge in [-0.25, -0.2) is 9.78 Å². The van der Waals surface area contributed by atoms with E-state index in [2.05, 4.69) is 10.3 Å². The molecule has 0 saturated carbocycles. The quantitative estimate of drug-likeness (QED) is 0.756. The van der Waals surface area contributed by atoms with Crippen LogP contribution in [0.2, 0.25) is 0 Å². The molecule has 0 atom stereocenters. The zero-order valence-electron chi connectivity index (χ0n) is 12.9. The Bertz CT molecular complexity index is 667. The lowest BCUT2D eigenvalue weighted by Crippen LogP contribution is -2.15. The van der Waals surface area contributed by atoms with Crippen molar-refractivity contribution in [2.45, 2.75) is 19.8 Å². The number of esters is 1. The third-order valence-electron chi connectivity index (χ3n) is 2.98. The van der Waals surface area contributed by atoms with Gasteiger partial charge < -0.3 is 15.8 Å². The van der Waals surface area contributed by atoms with Crippen molar-refractivity contribution in [1.82, 2.24) is 4.98 Å². The lowest BCUT2D eigenvalue weighted by atomic mass is 10.2. The highest BCUT2D eigenvalue weighted by Gasteiger charge is 2.09. The zero-order chi connectivity index (χ0) is 16.7.